The van der Waals surface area contributed by atoms with Crippen molar-refractivity contribution in [3.8, 4) is 0 Å². The van der Waals surface area contributed by atoms with Crippen LogP contribution in [0.2, 0.25) is 0 Å². The Morgan fingerprint density at radius 1 is 1.57 bits per heavy atom. The minimum absolute atomic E-state index is 0.0802. The number of rotatable bonds is 5. The number of nitrogen functional groups attached to an aromatic ring is 1. The molecule has 3 unspecified atom stereocenters. The first-order chi connectivity index (χ1) is 10.1. The molecule has 2 fully saturated rings. The lowest BCUT2D eigenvalue weighted by Gasteiger charge is -2.12. The maximum absolute atomic E-state index is 12.3. The fourth-order valence-corrected chi connectivity index (χ4v) is 3.85. The lowest BCUT2D eigenvalue weighted by Crippen LogP contribution is -2.26. The highest BCUT2D eigenvalue weighted by Crippen LogP contribution is 2.36. The molecule has 2 heterocycles. The first-order valence-corrected chi connectivity index (χ1v) is 8.47. The molecular weight excluding hydrogens is 286 g/mol. The lowest BCUT2D eigenvalue weighted by atomic mass is 10.2. The standard InChI is InChI=1S/C14H23N5OS/c1-2-3-8-6-10(8)17-13(20)11-12(16)18-14(21-11)19-5-4-9(15)7-19/h8-10H,2-7,15-16H2,1H3,(H,17,20). The highest BCUT2D eigenvalue weighted by Gasteiger charge is 2.38. The first-order valence-electron chi connectivity index (χ1n) is 7.66. The molecule has 21 heavy (non-hydrogen) atoms. The van der Waals surface area contributed by atoms with Crippen molar-refractivity contribution in [2.45, 2.75) is 44.7 Å². The Morgan fingerprint density at radius 2 is 2.38 bits per heavy atom. The quantitative estimate of drug-likeness (QED) is 0.759. The molecule has 2 aliphatic rings. The van der Waals surface area contributed by atoms with Crippen molar-refractivity contribution in [2.75, 3.05) is 23.7 Å². The van der Waals surface area contributed by atoms with E-state index in [9.17, 15) is 4.79 Å². The second-order valence-corrected chi connectivity index (χ2v) is 7.05. The smallest absolute Gasteiger partial charge is 0.265 e. The van der Waals surface area contributed by atoms with E-state index in [-0.39, 0.29) is 11.9 Å². The molecule has 3 atom stereocenters. The van der Waals surface area contributed by atoms with Gasteiger partial charge in [-0.1, -0.05) is 24.7 Å². The second kappa shape index (κ2) is 5.81. The minimum Gasteiger partial charge on any atom is -0.382 e. The number of thiazole rings is 1. The zero-order chi connectivity index (χ0) is 15.0. The van der Waals surface area contributed by atoms with Gasteiger partial charge in [0.25, 0.3) is 5.91 Å². The molecule has 0 spiro atoms. The molecule has 1 aromatic heterocycles. The summed E-state index contributed by atoms with van der Waals surface area (Å²) in [6, 6.07) is 0.510. The molecule has 6 nitrogen and oxygen atoms in total. The van der Waals surface area contributed by atoms with Crippen molar-refractivity contribution < 1.29 is 4.79 Å². The van der Waals surface area contributed by atoms with Crippen LogP contribution in [0.3, 0.4) is 0 Å². The fraction of sp³-hybridized carbons (Fsp3) is 0.714. The van der Waals surface area contributed by atoms with Gasteiger partial charge < -0.3 is 21.7 Å². The van der Waals surface area contributed by atoms with Gasteiger partial charge in [-0.3, -0.25) is 4.79 Å². The number of nitrogens with two attached hydrogens (primary N) is 2. The highest BCUT2D eigenvalue weighted by atomic mass is 32.1. The molecule has 0 aromatic carbocycles. The van der Waals surface area contributed by atoms with Gasteiger partial charge in [0.15, 0.2) is 5.13 Å². The summed E-state index contributed by atoms with van der Waals surface area (Å²) < 4.78 is 0. The lowest BCUT2D eigenvalue weighted by molar-refractivity contribution is 0.0953. The van der Waals surface area contributed by atoms with Gasteiger partial charge in [-0.2, -0.15) is 0 Å². The average molecular weight is 309 g/mol. The van der Waals surface area contributed by atoms with E-state index in [1.54, 1.807) is 0 Å². The Hall–Kier alpha value is -1.34. The van der Waals surface area contributed by atoms with E-state index in [1.807, 2.05) is 0 Å². The Kier molecular flexibility index (Phi) is 4.03. The summed E-state index contributed by atoms with van der Waals surface area (Å²) >= 11 is 1.37. The van der Waals surface area contributed by atoms with Crippen LogP contribution in [0.1, 0.15) is 42.3 Å². The van der Waals surface area contributed by atoms with Crippen molar-refractivity contribution in [1.82, 2.24) is 10.3 Å². The molecule has 7 heteroatoms. The zero-order valence-corrected chi connectivity index (χ0v) is 13.2. The highest BCUT2D eigenvalue weighted by molar-refractivity contribution is 7.18. The van der Waals surface area contributed by atoms with Crippen LogP contribution in [0.15, 0.2) is 0 Å². The van der Waals surface area contributed by atoms with Gasteiger partial charge >= 0.3 is 0 Å². The molecule has 1 aliphatic heterocycles. The maximum atomic E-state index is 12.3. The number of hydrogen-bond acceptors (Lipinski definition) is 6. The van der Waals surface area contributed by atoms with Gasteiger partial charge in [0, 0.05) is 25.2 Å². The van der Waals surface area contributed by atoms with E-state index >= 15 is 0 Å². The van der Waals surface area contributed by atoms with E-state index in [4.69, 9.17) is 11.5 Å². The third-order valence-electron chi connectivity index (χ3n) is 4.24. The van der Waals surface area contributed by atoms with Crippen LogP contribution in [-0.4, -0.2) is 36.1 Å². The molecule has 1 aromatic rings. The van der Waals surface area contributed by atoms with Gasteiger partial charge in [-0.05, 0) is 25.2 Å². The van der Waals surface area contributed by atoms with Crippen molar-refractivity contribution in [2.24, 2.45) is 11.7 Å². The number of carbonyl (C=O) groups is 1. The number of anilines is 2. The summed E-state index contributed by atoms with van der Waals surface area (Å²) in [6.07, 6.45) is 4.40. The predicted octanol–water partition coefficient (Wildman–Crippen LogP) is 1.18. The SMILES string of the molecule is CCCC1CC1NC(=O)c1sc(N2CCC(N)C2)nc1N. The number of nitrogens with zero attached hydrogens (tertiary/aromatic N) is 2. The number of carbonyl (C=O) groups excluding carboxylic acids is 1. The number of aromatic nitrogens is 1. The topological polar surface area (TPSA) is 97.3 Å². The molecular formula is C14H23N5OS. The molecule has 5 N–H and O–H groups in total. The third kappa shape index (κ3) is 3.13. The summed E-state index contributed by atoms with van der Waals surface area (Å²) in [5.74, 6) is 0.896. The van der Waals surface area contributed by atoms with Gasteiger partial charge in [-0.15, -0.1) is 0 Å². The molecule has 1 saturated heterocycles. The molecule has 0 bridgehead atoms. The summed E-state index contributed by atoms with van der Waals surface area (Å²) in [5, 5.41) is 3.88. The second-order valence-electron chi connectivity index (χ2n) is 6.07. The van der Waals surface area contributed by atoms with Crippen molar-refractivity contribution in [1.29, 1.82) is 0 Å². The number of hydrogen-bond donors (Lipinski definition) is 3. The Balaban J connectivity index is 1.63. The molecule has 3 rings (SSSR count). The monoisotopic (exact) mass is 309 g/mol. The van der Waals surface area contributed by atoms with E-state index in [0.717, 1.165) is 31.1 Å². The number of nitrogens with one attached hydrogen (secondary N) is 1. The van der Waals surface area contributed by atoms with E-state index in [0.29, 0.717) is 22.7 Å². The Labute approximate surface area is 128 Å². The van der Waals surface area contributed by atoms with Gasteiger partial charge in [0.05, 0.1) is 0 Å². The molecule has 1 saturated carbocycles. The van der Waals surface area contributed by atoms with Crippen LogP contribution in [0.5, 0.6) is 0 Å². The maximum Gasteiger partial charge on any atom is 0.265 e. The number of amides is 1. The van der Waals surface area contributed by atoms with Crippen LogP contribution in [-0.2, 0) is 0 Å². The molecule has 1 amide bonds. The Morgan fingerprint density at radius 3 is 3.05 bits per heavy atom. The van der Waals surface area contributed by atoms with E-state index in [2.05, 4.69) is 22.1 Å². The van der Waals surface area contributed by atoms with Crippen molar-refractivity contribution in [3.63, 3.8) is 0 Å². The third-order valence-corrected chi connectivity index (χ3v) is 5.37. The summed E-state index contributed by atoms with van der Waals surface area (Å²) in [4.78, 5) is 19.3. The van der Waals surface area contributed by atoms with Gasteiger partial charge in [-0.25, -0.2) is 4.98 Å². The Bertz CT molecular complexity index is 531. The summed E-state index contributed by atoms with van der Waals surface area (Å²) in [6.45, 7) is 3.84. The van der Waals surface area contributed by atoms with Crippen molar-refractivity contribution in [3.05, 3.63) is 4.88 Å². The van der Waals surface area contributed by atoms with E-state index < -0.39 is 0 Å². The van der Waals surface area contributed by atoms with Crippen LogP contribution < -0.4 is 21.7 Å². The van der Waals surface area contributed by atoms with E-state index in [1.165, 1.54) is 24.2 Å². The molecule has 1 aliphatic carbocycles. The average Bonchev–Trinajstić information content (AvgIpc) is 2.85. The normalized spacial score (nSPS) is 27.9. The molecule has 0 radical (unpaired) electrons. The molecule has 116 valence electrons. The van der Waals surface area contributed by atoms with Gasteiger partial charge in [0.1, 0.15) is 10.7 Å². The zero-order valence-electron chi connectivity index (χ0n) is 12.3. The van der Waals surface area contributed by atoms with Crippen LogP contribution in [0, 0.1) is 5.92 Å². The largest absolute Gasteiger partial charge is 0.382 e. The summed E-state index contributed by atoms with van der Waals surface area (Å²) in [7, 11) is 0. The fourth-order valence-electron chi connectivity index (χ4n) is 2.93. The van der Waals surface area contributed by atoms with Gasteiger partial charge in [0.2, 0.25) is 0 Å². The first kappa shape index (κ1) is 14.6. The van der Waals surface area contributed by atoms with Crippen LogP contribution in [0.25, 0.3) is 0 Å². The summed E-state index contributed by atoms with van der Waals surface area (Å²) in [5.41, 5.74) is 11.8. The minimum atomic E-state index is -0.0802. The van der Waals surface area contributed by atoms with Crippen LogP contribution >= 0.6 is 11.3 Å². The predicted molar refractivity (Wildman–Crippen MR) is 85.6 cm³/mol. The van der Waals surface area contributed by atoms with Crippen LogP contribution in [0.4, 0.5) is 10.9 Å². The van der Waals surface area contributed by atoms with Crippen molar-refractivity contribution >= 4 is 28.2 Å².